The molecule has 0 aromatic carbocycles. The minimum absolute atomic E-state index is 0.287. The Labute approximate surface area is 127 Å². The van der Waals surface area contributed by atoms with E-state index in [4.69, 9.17) is 4.74 Å². The Morgan fingerprint density at radius 2 is 2.05 bits per heavy atom. The van der Waals surface area contributed by atoms with Gasteiger partial charge in [-0.1, -0.05) is 6.92 Å². The fourth-order valence-electron chi connectivity index (χ4n) is 1.93. The second-order valence-electron chi connectivity index (χ2n) is 5.46. The number of thiazole rings is 1. The lowest BCUT2D eigenvalue weighted by Crippen LogP contribution is -2.23. The Balaban J connectivity index is 2.59. The number of likely N-dealkylation sites (N-methyl/N-ethyl adjacent to an activating group) is 1. The fraction of sp³-hybridized carbons (Fsp3) is 0.800. The van der Waals surface area contributed by atoms with Crippen LogP contribution in [0.1, 0.15) is 50.7 Å². The van der Waals surface area contributed by atoms with E-state index in [0.717, 1.165) is 36.9 Å². The Bertz CT molecular complexity index is 392. The predicted molar refractivity (Wildman–Crippen MR) is 87.9 cm³/mol. The largest absolute Gasteiger partial charge is 0.377 e. The lowest BCUT2D eigenvalue weighted by Gasteiger charge is -2.16. The van der Waals surface area contributed by atoms with Crippen LogP contribution in [0.4, 0.5) is 5.13 Å². The van der Waals surface area contributed by atoms with Crippen LogP contribution in [-0.4, -0.2) is 37.8 Å². The first-order chi connectivity index (χ1) is 9.45. The van der Waals surface area contributed by atoms with Gasteiger partial charge in [-0.05, 0) is 40.7 Å². The van der Waals surface area contributed by atoms with Gasteiger partial charge in [0, 0.05) is 24.5 Å². The maximum atomic E-state index is 5.59. The summed E-state index contributed by atoms with van der Waals surface area (Å²) >= 11 is 1.78. The Morgan fingerprint density at radius 3 is 2.65 bits per heavy atom. The highest BCUT2D eigenvalue weighted by atomic mass is 32.1. The number of ether oxygens (including phenoxy) is 1. The SMILES string of the molecule is CCCNC(C)c1sc(N(C)CCOC(C)C)nc1C. The van der Waals surface area contributed by atoms with Gasteiger partial charge >= 0.3 is 0 Å². The highest BCUT2D eigenvalue weighted by Gasteiger charge is 2.15. The topological polar surface area (TPSA) is 37.4 Å². The van der Waals surface area contributed by atoms with Crippen molar-refractivity contribution in [3.8, 4) is 0 Å². The minimum atomic E-state index is 0.287. The van der Waals surface area contributed by atoms with Gasteiger partial charge in [-0.3, -0.25) is 0 Å². The standard InChI is InChI=1S/C15H29N3OS/c1-7-8-16-12(4)14-13(5)17-15(20-14)18(6)9-10-19-11(2)3/h11-12,16H,7-10H2,1-6H3. The number of rotatable bonds is 9. The van der Waals surface area contributed by atoms with E-state index in [9.17, 15) is 0 Å². The van der Waals surface area contributed by atoms with Crippen LogP contribution >= 0.6 is 11.3 Å². The molecular formula is C15H29N3OS. The monoisotopic (exact) mass is 299 g/mol. The van der Waals surface area contributed by atoms with Crippen molar-refractivity contribution in [2.75, 3.05) is 31.6 Å². The molecule has 0 fully saturated rings. The first kappa shape index (κ1) is 17.4. The third kappa shape index (κ3) is 5.38. The molecule has 0 aliphatic rings. The smallest absolute Gasteiger partial charge is 0.185 e. The molecule has 0 amide bonds. The summed E-state index contributed by atoms with van der Waals surface area (Å²) in [5, 5.41) is 4.61. The van der Waals surface area contributed by atoms with Crippen LogP contribution < -0.4 is 10.2 Å². The highest BCUT2D eigenvalue weighted by Crippen LogP contribution is 2.30. The summed E-state index contributed by atoms with van der Waals surface area (Å²) in [4.78, 5) is 8.20. The second-order valence-corrected chi connectivity index (χ2v) is 6.47. The fourth-order valence-corrected chi connectivity index (χ4v) is 3.01. The van der Waals surface area contributed by atoms with Gasteiger partial charge in [-0.15, -0.1) is 11.3 Å². The summed E-state index contributed by atoms with van der Waals surface area (Å²) in [6, 6.07) is 0.376. The molecule has 1 unspecified atom stereocenters. The Morgan fingerprint density at radius 1 is 1.35 bits per heavy atom. The average molecular weight is 299 g/mol. The van der Waals surface area contributed by atoms with Gasteiger partial charge in [0.15, 0.2) is 5.13 Å². The predicted octanol–water partition coefficient (Wildman–Crippen LogP) is 3.37. The zero-order valence-corrected chi connectivity index (χ0v) is 14.5. The first-order valence-corrected chi connectivity index (χ1v) is 8.30. The molecule has 5 heteroatoms. The lowest BCUT2D eigenvalue weighted by atomic mass is 10.2. The van der Waals surface area contributed by atoms with Crippen molar-refractivity contribution in [1.82, 2.24) is 10.3 Å². The number of nitrogens with one attached hydrogen (secondary N) is 1. The van der Waals surface area contributed by atoms with Crippen LogP contribution in [0, 0.1) is 6.92 Å². The van der Waals surface area contributed by atoms with Gasteiger partial charge in [0.25, 0.3) is 0 Å². The van der Waals surface area contributed by atoms with Crippen LogP contribution in [0.25, 0.3) is 0 Å². The second kappa shape index (κ2) is 8.60. The molecule has 1 heterocycles. The average Bonchev–Trinajstić information content (AvgIpc) is 2.77. The number of anilines is 1. The molecule has 0 saturated carbocycles. The first-order valence-electron chi connectivity index (χ1n) is 7.49. The number of hydrogen-bond acceptors (Lipinski definition) is 5. The van der Waals surface area contributed by atoms with Crippen molar-refractivity contribution in [3.05, 3.63) is 10.6 Å². The lowest BCUT2D eigenvalue weighted by molar-refractivity contribution is 0.0846. The maximum Gasteiger partial charge on any atom is 0.185 e. The van der Waals surface area contributed by atoms with Crippen LogP contribution in [-0.2, 0) is 4.74 Å². The summed E-state index contributed by atoms with van der Waals surface area (Å²) in [5.74, 6) is 0. The molecule has 0 radical (unpaired) electrons. The molecule has 1 rings (SSSR count). The van der Waals surface area contributed by atoms with Gasteiger partial charge in [0.2, 0.25) is 0 Å². The molecule has 0 saturated heterocycles. The molecule has 0 aliphatic heterocycles. The Hall–Kier alpha value is -0.650. The third-order valence-electron chi connectivity index (χ3n) is 3.12. The molecule has 0 spiro atoms. The summed E-state index contributed by atoms with van der Waals surface area (Å²) in [7, 11) is 2.08. The summed E-state index contributed by atoms with van der Waals surface area (Å²) in [5.41, 5.74) is 1.14. The number of hydrogen-bond donors (Lipinski definition) is 1. The normalized spacial score (nSPS) is 12.9. The molecule has 1 N–H and O–H groups in total. The number of aryl methyl sites for hydroxylation is 1. The number of nitrogens with zero attached hydrogens (tertiary/aromatic N) is 2. The highest BCUT2D eigenvalue weighted by molar-refractivity contribution is 7.15. The van der Waals surface area contributed by atoms with Crippen molar-refractivity contribution in [2.24, 2.45) is 0 Å². The van der Waals surface area contributed by atoms with Crippen molar-refractivity contribution in [2.45, 2.75) is 53.2 Å². The van der Waals surface area contributed by atoms with Gasteiger partial charge in [0.05, 0.1) is 18.4 Å². The van der Waals surface area contributed by atoms with E-state index in [-0.39, 0.29) is 6.10 Å². The van der Waals surface area contributed by atoms with Gasteiger partial charge in [0.1, 0.15) is 0 Å². The van der Waals surface area contributed by atoms with E-state index >= 15 is 0 Å². The molecule has 116 valence electrons. The molecule has 1 aromatic rings. The number of aromatic nitrogens is 1. The van der Waals surface area contributed by atoms with Gasteiger partial charge in [-0.2, -0.15) is 0 Å². The van der Waals surface area contributed by atoms with Crippen molar-refractivity contribution in [3.63, 3.8) is 0 Å². The molecule has 0 bridgehead atoms. The zero-order valence-electron chi connectivity index (χ0n) is 13.7. The van der Waals surface area contributed by atoms with Crippen LogP contribution in [0.15, 0.2) is 0 Å². The van der Waals surface area contributed by atoms with Crippen molar-refractivity contribution in [1.29, 1.82) is 0 Å². The van der Waals surface area contributed by atoms with Crippen LogP contribution in [0.2, 0.25) is 0 Å². The molecule has 1 aromatic heterocycles. The molecule has 20 heavy (non-hydrogen) atoms. The van der Waals surface area contributed by atoms with Crippen molar-refractivity contribution < 1.29 is 4.74 Å². The third-order valence-corrected chi connectivity index (χ3v) is 4.57. The summed E-state index contributed by atoms with van der Waals surface area (Å²) in [6.07, 6.45) is 1.44. The van der Waals surface area contributed by atoms with E-state index in [0.29, 0.717) is 6.04 Å². The van der Waals surface area contributed by atoms with E-state index in [1.54, 1.807) is 11.3 Å². The zero-order chi connectivity index (χ0) is 15.1. The van der Waals surface area contributed by atoms with E-state index < -0.39 is 0 Å². The van der Waals surface area contributed by atoms with E-state index in [1.807, 2.05) is 0 Å². The van der Waals surface area contributed by atoms with Crippen LogP contribution in [0.3, 0.4) is 0 Å². The van der Waals surface area contributed by atoms with Crippen LogP contribution in [0.5, 0.6) is 0 Å². The molecular weight excluding hydrogens is 270 g/mol. The maximum absolute atomic E-state index is 5.59. The molecule has 0 aliphatic carbocycles. The van der Waals surface area contributed by atoms with Gasteiger partial charge in [-0.25, -0.2) is 4.98 Å². The van der Waals surface area contributed by atoms with E-state index in [1.165, 1.54) is 4.88 Å². The van der Waals surface area contributed by atoms with E-state index in [2.05, 4.69) is 56.9 Å². The minimum Gasteiger partial charge on any atom is -0.377 e. The quantitative estimate of drug-likeness (QED) is 0.758. The van der Waals surface area contributed by atoms with Gasteiger partial charge < -0.3 is 15.0 Å². The molecule has 1 atom stereocenters. The molecule has 4 nitrogen and oxygen atoms in total. The summed E-state index contributed by atoms with van der Waals surface area (Å²) < 4.78 is 5.59. The Kier molecular flexibility index (Phi) is 7.48. The summed E-state index contributed by atoms with van der Waals surface area (Å²) in [6.45, 7) is 13.3. The van der Waals surface area contributed by atoms with Crippen molar-refractivity contribution >= 4 is 16.5 Å².